The molecule has 1 heteroatoms. The Balaban J connectivity index is 2.14. The Bertz CT molecular complexity index is 169. The molecule has 1 nitrogen and oxygen atoms in total. The molecular formula is C11H18O. The summed E-state index contributed by atoms with van der Waals surface area (Å²) in [5, 5.41) is 9.54. The molecule has 1 saturated carbocycles. The van der Waals surface area contributed by atoms with Gasteiger partial charge in [-0.15, -0.1) is 11.8 Å². The topological polar surface area (TPSA) is 20.2 Å². The highest BCUT2D eigenvalue weighted by atomic mass is 16.3. The number of rotatable bonds is 3. The molecule has 0 aromatic heterocycles. The predicted octanol–water partition coefficient (Wildman–Crippen LogP) is 2.34. The largest absolute Gasteiger partial charge is 0.392 e. The van der Waals surface area contributed by atoms with Crippen molar-refractivity contribution in [3.05, 3.63) is 0 Å². The van der Waals surface area contributed by atoms with Crippen molar-refractivity contribution < 1.29 is 5.11 Å². The number of hydrogen-bond acceptors (Lipinski definition) is 1. The van der Waals surface area contributed by atoms with E-state index in [1.54, 1.807) is 0 Å². The van der Waals surface area contributed by atoms with Gasteiger partial charge >= 0.3 is 0 Å². The molecule has 0 saturated heterocycles. The molecule has 0 bridgehead atoms. The van der Waals surface area contributed by atoms with E-state index in [4.69, 9.17) is 0 Å². The Morgan fingerprint density at radius 2 is 2.08 bits per heavy atom. The lowest BCUT2D eigenvalue weighted by Gasteiger charge is -2.12. The Kier molecular flexibility index (Phi) is 4.18. The summed E-state index contributed by atoms with van der Waals surface area (Å²) in [6.45, 7) is 1.82. The van der Waals surface area contributed by atoms with Crippen LogP contribution in [0.3, 0.4) is 0 Å². The van der Waals surface area contributed by atoms with Crippen molar-refractivity contribution in [2.75, 3.05) is 0 Å². The summed E-state index contributed by atoms with van der Waals surface area (Å²) >= 11 is 0. The van der Waals surface area contributed by atoms with Crippen molar-refractivity contribution in [1.82, 2.24) is 0 Å². The van der Waals surface area contributed by atoms with Crippen molar-refractivity contribution in [2.45, 2.75) is 51.6 Å². The molecule has 0 aromatic carbocycles. The first kappa shape index (κ1) is 9.61. The van der Waals surface area contributed by atoms with Crippen LogP contribution in [0.5, 0.6) is 0 Å². The molecule has 0 radical (unpaired) electrons. The second-order valence-electron chi connectivity index (χ2n) is 3.67. The minimum Gasteiger partial charge on any atom is -0.392 e. The molecular weight excluding hydrogens is 148 g/mol. The predicted molar refractivity (Wildman–Crippen MR) is 50.6 cm³/mol. The molecule has 0 aliphatic heterocycles. The van der Waals surface area contributed by atoms with Crippen molar-refractivity contribution in [1.29, 1.82) is 0 Å². The van der Waals surface area contributed by atoms with Gasteiger partial charge < -0.3 is 5.11 Å². The second-order valence-corrected chi connectivity index (χ2v) is 3.67. The monoisotopic (exact) mass is 166 g/mol. The van der Waals surface area contributed by atoms with Crippen LogP contribution in [0.25, 0.3) is 0 Å². The summed E-state index contributed by atoms with van der Waals surface area (Å²) < 4.78 is 0. The highest BCUT2D eigenvalue weighted by Gasteiger charge is 2.17. The third-order valence-corrected chi connectivity index (χ3v) is 2.59. The maximum absolute atomic E-state index is 9.54. The summed E-state index contributed by atoms with van der Waals surface area (Å²) in [7, 11) is 0. The number of aliphatic hydroxyl groups is 1. The first-order chi connectivity index (χ1) is 5.83. The fourth-order valence-corrected chi connectivity index (χ4v) is 1.93. The summed E-state index contributed by atoms with van der Waals surface area (Å²) in [4.78, 5) is 0. The van der Waals surface area contributed by atoms with Gasteiger partial charge in [0.15, 0.2) is 0 Å². The van der Waals surface area contributed by atoms with Gasteiger partial charge in [-0.3, -0.25) is 0 Å². The summed E-state index contributed by atoms with van der Waals surface area (Å²) in [5.41, 5.74) is 0. The summed E-state index contributed by atoms with van der Waals surface area (Å²) in [6.07, 6.45) is 6.79. The van der Waals surface area contributed by atoms with Gasteiger partial charge in [0.1, 0.15) is 0 Å². The quantitative estimate of drug-likeness (QED) is 0.638. The van der Waals surface area contributed by atoms with Gasteiger partial charge in [-0.25, -0.2) is 0 Å². The van der Waals surface area contributed by atoms with Crippen molar-refractivity contribution in [2.24, 2.45) is 5.92 Å². The van der Waals surface area contributed by atoms with Gasteiger partial charge in [-0.1, -0.05) is 25.7 Å². The minimum atomic E-state index is -0.180. The molecule has 0 aromatic rings. The van der Waals surface area contributed by atoms with Gasteiger partial charge in [-0.2, -0.15) is 0 Å². The zero-order chi connectivity index (χ0) is 8.81. The Labute approximate surface area is 75.2 Å². The first-order valence-corrected chi connectivity index (χ1v) is 4.90. The van der Waals surface area contributed by atoms with E-state index in [1.807, 2.05) is 6.92 Å². The normalized spacial score (nSPS) is 20.2. The highest BCUT2D eigenvalue weighted by Crippen LogP contribution is 2.28. The maximum Gasteiger partial charge on any atom is 0.0652 e. The van der Waals surface area contributed by atoms with Crippen LogP contribution < -0.4 is 0 Å². The van der Waals surface area contributed by atoms with Crippen molar-refractivity contribution in [3.63, 3.8) is 0 Å². The van der Waals surface area contributed by atoms with Crippen LogP contribution in [0.2, 0.25) is 0 Å². The zero-order valence-corrected chi connectivity index (χ0v) is 7.84. The van der Waals surface area contributed by atoms with Gasteiger partial charge in [0, 0.05) is 6.42 Å². The van der Waals surface area contributed by atoms with Crippen LogP contribution in [-0.4, -0.2) is 11.2 Å². The summed E-state index contributed by atoms with van der Waals surface area (Å²) in [5.74, 6) is 6.51. The van der Waals surface area contributed by atoms with Crippen LogP contribution in [-0.2, 0) is 0 Å². The van der Waals surface area contributed by atoms with Crippen LogP contribution in [0.1, 0.15) is 45.4 Å². The van der Waals surface area contributed by atoms with E-state index in [-0.39, 0.29) is 6.10 Å². The second kappa shape index (κ2) is 5.22. The van der Waals surface area contributed by atoms with Crippen LogP contribution in [0.4, 0.5) is 0 Å². The van der Waals surface area contributed by atoms with Crippen LogP contribution >= 0.6 is 0 Å². The molecule has 1 aliphatic rings. The Morgan fingerprint density at radius 3 is 2.67 bits per heavy atom. The molecule has 1 fully saturated rings. The third-order valence-electron chi connectivity index (χ3n) is 2.59. The lowest BCUT2D eigenvalue weighted by Crippen LogP contribution is -2.10. The molecule has 0 spiro atoms. The van der Waals surface area contributed by atoms with Crippen molar-refractivity contribution >= 4 is 0 Å². The summed E-state index contributed by atoms with van der Waals surface area (Å²) in [6, 6.07) is 0. The molecule has 12 heavy (non-hydrogen) atoms. The van der Waals surface area contributed by atoms with E-state index in [0.29, 0.717) is 6.42 Å². The molecule has 0 heterocycles. The van der Waals surface area contributed by atoms with E-state index in [1.165, 1.54) is 25.7 Å². The number of aliphatic hydroxyl groups excluding tert-OH is 1. The number of hydrogen-bond donors (Lipinski definition) is 1. The van der Waals surface area contributed by atoms with E-state index in [2.05, 4.69) is 11.8 Å². The third kappa shape index (κ3) is 3.28. The SMILES string of the molecule is CC#CCC(O)CC1CCCC1. The average Bonchev–Trinajstić information content (AvgIpc) is 2.53. The highest BCUT2D eigenvalue weighted by molar-refractivity contribution is 4.96. The van der Waals surface area contributed by atoms with Gasteiger partial charge in [0.25, 0.3) is 0 Å². The van der Waals surface area contributed by atoms with Crippen LogP contribution in [0, 0.1) is 17.8 Å². The zero-order valence-electron chi connectivity index (χ0n) is 7.84. The van der Waals surface area contributed by atoms with E-state index in [9.17, 15) is 5.11 Å². The molecule has 1 atom stereocenters. The molecule has 0 amide bonds. The van der Waals surface area contributed by atoms with Gasteiger partial charge in [0.05, 0.1) is 6.10 Å². The standard InChI is InChI=1S/C11H18O/c1-2-3-8-11(12)9-10-6-4-5-7-10/h10-12H,4-9H2,1H3. The van der Waals surface area contributed by atoms with E-state index >= 15 is 0 Å². The van der Waals surface area contributed by atoms with Crippen molar-refractivity contribution in [3.8, 4) is 11.8 Å². The average molecular weight is 166 g/mol. The fraction of sp³-hybridized carbons (Fsp3) is 0.818. The van der Waals surface area contributed by atoms with Gasteiger partial charge in [-0.05, 0) is 19.3 Å². The Hall–Kier alpha value is -0.480. The lowest BCUT2D eigenvalue weighted by atomic mass is 9.99. The minimum absolute atomic E-state index is 0.180. The molecule has 68 valence electrons. The first-order valence-electron chi connectivity index (χ1n) is 4.90. The van der Waals surface area contributed by atoms with E-state index in [0.717, 1.165) is 12.3 Å². The fourth-order valence-electron chi connectivity index (χ4n) is 1.93. The van der Waals surface area contributed by atoms with Gasteiger partial charge in [0.2, 0.25) is 0 Å². The molecule has 1 rings (SSSR count). The molecule has 1 aliphatic carbocycles. The van der Waals surface area contributed by atoms with E-state index < -0.39 is 0 Å². The maximum atomic E-state index is 9.54. The Morgan fingerprint density at radius 1 is 1.42 bits per heavy atom. The molecule has 1 N–H and O–H groups in total. The lowest BCUT2D eigenvalue weighted by molar-refractivity contribution is 0.148. The smallest absolute Gasteiger partial charge is 0.0652 e. The van der Waals surface area contributed by atoms with Crippen LogP contribution in [0.15, 0.2) is 0 Å². The molecule has 1 unspecified atom stereocenters.